The van der Waals surface area contributed by atoms with Crippen LogP contribution in [0.2, 0.25) is 0 Å². The van der Waals surface area contributed by atoms with Gasteiger partial charge in [0.15, 0.2) is 11.5 Å². The summed E-state index contributed by atoms with van der Waals surface area (Å²) < 4.78 is 5.65. The highest BCUT2D eigenvalue weighted by Crippen LogP contribution is 2.34. The zero-order chi connectivity index (χ0) is 11.4. The molecule has 0 aliphatic heterocycles. The van der Waals surface area contributed by atoms with E-state index < -0.39 is 6.10 Å². The number of aliphatic hydroxyl groups is 1. The molecule has 0 saturated heterocycles. The van der Waals surface area contributed by atoms with Crippen molar-refractivity contribution in [3.63, 3.8) is 0 Å². The molecule has 84 valence electrons. The SMILES string of the molecule is CNCC(O)c1cc(O)c(OC)cc1Br. The van der Waals surface area contributed by atoms with Gasteiger partial charge in [-0.25, -0.2) is 0 Å². The van der Waals surface area contributed by atoms with Crippen molar-refractivity contribution >= 4 is 15.9 Å². The molecule has 0 bridgehead atoms. The highest BCUT2D eigenvalue weighted by atomic mass is 79.9. The van der Waals surface area contributed by atoms with Gasteiger partial charge in [-0.05, 0) is 24.7 Å². The third-order valence-corrected chi connectivity index (χ3v) is 2.74. The second-order valence-corrected chi connectivity index (χ2v) is 3.97. The lowest BCUT2D eigenvalue weighted by molar-refractivity contribution is 0.176. The third kappa shape index (κ3) is 2.84. The van der Waals surface area contributed by atoms with Crippen molar-refractivity contribution in [2.45, 2.75) is 6.10 Å². The molecule has 0 radical (unpaired) electrons. The van der Waals surface area contributed by atoms with E-state index in [4.69, 9.17) is 4.74 Å². The summed E-state index contributed by atoms with van der Waals surface area (Å²) in [6.45, 7) is 0.421. The first-order valence-electron chi connectivity index (χ1n) is 4.49. The molecule has 1 atom stereocenters. The van der Waals surface area contributed by atoms with E-state index in [0.717, 1.165) is 0 Å². The summed E-state index contributed by atoms with van der Waals surface area (Å²) >= 11 is 3.31. The van der Waals surface area contributed by atoms with Crippen LogP contribution in [0.15, 0.2) is 16.6 Å². The number of phenols is 1. The minimum atomic E-state index is -0.666. The summed E-state index contributed by atoms with van der Waals surface area (Å²) in [5, 5.41) is 22.2. The summed E-state index contributed by atoms with van der Waals surface area (Å²) in [5.74, 6) is 0.396. The summed E-state index contributed by atoms with van der Waals surface area (Å²) in [6.07, 6.45) is -0.666. The van der Waals surface area contributed by atoms with Crippen molar-refractivity contribution in [1.29, 1.82) is 0 Å². The Hall–Kier alpha value is -0.780. The summed E-state index contributed by atoms with van der Waals surface area (Å²) in [7, 11) is 3.23. The fraction of sp³-hybridized carbons (Fsp3) is 0.400. The quantitative estimate of drug-likeness (QED) is 0.778. The Balaban J connectivity index is 3.04. The predicted octanol–water partition coefficient (Wildman–Crippen LogP) is 1.42. The summed E-state index contributed by atoms with van der Waals surface area (Å²) in [6, 6.07) is 3.12. The molecule has 0 heterocycles. The molecule has 15 heavy (non-hydrogen) atoms. The number of halogens is 1. The van der Waals surface area contributed by atoms with Gasteiger partial charge >= 0.3 is 0 Å². The van der Waals surface area contributed by atoms with Crippen LogP contribution >= 0.6 is 15.9 Å². The van der Waals surface area contributed by atoms with Crippen LogP contribution < -0.4 is 10.1 Å². The van der Waals surface area contributed by atoms with Crippen molar-refractivity contribution in [3.8, 4) is 11.5 Å². The van der Waals surface area contributed by atoms with Gasteiger partial charge in [0.25, 0.3) is 0 Å². The number of likely N-dealkylation sites (N-methyl/N-ethyl adjacent to an activating group) is 1. The third-order valence-electron chi connectivity index (χ3n) is 2.05. The Morgan fingerprint density at radius 3 is 2.73 bits per heavy atom. The molecule has 4 nitrogen and oxygen atoms in total. The van der Waals surface area contributed by atoms with Gasteiger partial charge in [0.05, 0.1) is 13.2 Å². The second kappa shape index (κ2) is 5.34. The second-order valence-electron chi connectivity index (χ2n) is 3.12. The topological polar surface area (TPSA) is 61.7 Å². The molecule has 1 rings (SSSR count). The van der Waals surface area contributed by atoms with Crippen molar-refractivity contribution in [3.05, 3.63) is 22.2 Å². The Labute approximate surface area is 97.0 Å². The number of hydrogen-bond donors (Lipinski definition) is 3. The number of ether oxygens (including phenoxy) is 1. The Bertz CT molecular complexity index is 344. The van der Waals surface area contributed by atoms with Gasteiger partial charge in [0.2, 0.25) is 0 Å². The van der Waals surface area contributed by atoms with Crippen LogP contribution in [-0.4, -0.2) is 30.9 Å². The van der Waals surface area contributed by atoms with Crippen LogP contribution in [0.3, 0.4) is 0 Å². The van der Waals surface area contributed by atoms with Crippen molar-refractivity contribution in [2.24, 2.45) is 0 Å². The fourth-order valence-corrected chi connectivity index (χ4v) is 1.87. The molecule has 0 saturated carbocycles. The highest BCUT2D eigenvalue weighted by Gasteiger charge is 2.14. The number of phenolic OH excluding ortho intramolecular Hbond substituents is 1. The molecule has 0 fully saturated rings. The van der Waals surface area contributed by atoms with E-state index in [9.17, 15) is 10.2 Å². The maximum absolute atomic E-state index is 9.74. The maximum atomic E-state index is 9.74. The normalized spacial score (nSPS) is 12.5. The standard InChI is InChI=1S/C10H14BrNO3/c1-12-5-9(14)6-3-8(13)10(15-2)4-7(6)11/h3-4,9,12-14H,5H2,1-2H3. The molecule has 0 aromatic heterocycles. The average molecular weight is 276 g/mol. The maximum Gasteiger partial charge on any atom is 0.161 e. The Morgan fingerprint density at radius 2 is 2.20 bits per heavy atom. The smallest absolute Gasteiger partial charge is 0.161 e. The van der Waals surface area contributed by atoms with E-state index in [1.165, 1.54) is 13.2 Å². The minimum Gasteiger partial charge on any atom is -0.504 e. The van der Waals surface area contributed by atoms with Crippen LogP contribution in [0.25, 0.3) is 0 Å². The van der Waals surface area contributed by atoms with Crippen LogP contribution in [0.4, 0.5) is 0 Å². The number of rotatable bonds is 4. The first kappa shape index (κ1) is 12.3. The van der Waals surface area contributed by atoms with Crippen molar-refractivity contribution in [2.75, 3.05) is 20.7 Å². The van der Waals surface area contributed by atoms with Gasteiger partial charge in [-0.3, -0.25) is 0 Å². The van der Waals surface area contributed by atoms with Gasteiger partial charge < -0.3 is 20.3 Å². The summed E-state index contributed by atoms with van der Waals surface area (Å²) in [4.78, 5) is 0. The predicted molar refractivity (Wildman–Crippen MR) is 61.2 cm³/mol. The van der Waals surface area contributed by atoms with Gasteiger partial charge in [0.1, 0.15) is 0 Å². The van der Waals surface area contributed by atoms with E-state index in [0.29, 0.717) is 22.3 Å². The number of nitrogens with one attached hydrogen (secondary N) is 1. The van der Waals surface area contributed by atoms with Crippen LogP contribution in [0.5, 0.6) is 11.5 Å². The molecule has 5 heteroatoms. The largest absolute Gasteiger partial charge is 0.504 e. The zero-order valence-corrected chi connectivity index (χ0v) is 10.2. The molecule has 1 aromatic carbocycles. The monoisotopic (exact) mass is 275 g/mol. The fourth-order valence-electron chi connectivity index (χ4n) is 1.28. The number of aromatic hydroxyl groups is 1. The molecular weight excluding hydrogens is 262 g/mol. The molecule has 0 spiro atoms. The highest BCUT2D eigenvalue weighted by molar-refractivity contribution is 9.10. The van der Waals surface area contributed by atoms with Crippen molar-refractivity contribution in [1.82, 2.24) is 5.32 Å². The minimum absolute atomic E-state index is 0.0193. The van der Waals surface area contributed by atoms with E-state index in [2.05, 4.69) is 21.2 Å². The molecule has 1 aromatic rings. The summed E-state index contributed by atoms with van der Waals surface area (Å²) in [5.41, 5.74) is 0.627. The molecule has 0 aliphatic rings. The Kier molecular flexibility index (Phi) is 4.38. The van der Waals surface area contributed by atoms with Crippen molar-refractivity contribution < 1.29 is 14.9 Å². The molecule has 0 aliphatic carbocycles. The van der Waals surface area contributed by atoms with E-state index in [1.54, 1.807) is 13.1 Å². The lowest BCUT2D eigenvalue weighted by Crippen LogP contribution is -2.17. The van der Waals surface area contributed by atoms with Gasteiger partial charge in [-0.1, -0.05) is 15.9 Å². The molecular formula is C10H14BrNO3. The first-order chi connectivity index (χ1) is 7.10. The number of methoxy groups -OCH3 is 1. The molecule has 3 N–H and O–H groups in total. The molecule has 1 unspecified atom stereocenters. The lowest BCUT2D eigenvalue weighted by atomic mass is 10.1. The number of hydrogen-bond acceptors (Lipinski definition) is 4. The zero-order valence-electron chi connectivity index (χ0n) is 8.62. The average Bonchev–Trinajstić information content (AvgIpc) is 2.21. The van der Waals surface area contributed by atoms with E-state index in [1.807, 2.05) is 0 Å². The van der Waals surface area contributed by atoms with Gasteiger partial charge in [0, 0.05) is 11.0 Å². The van der Waals surface area contributed by atoms with Crippen LogP contribution in [-0.2, 0) is 0 Å². The van der Waals surface area contributed by atoms with Crippen LogP contribution in [0, 0.1) is 0 Å². The van der Waals surface area contributed by atoms with E-state index >= 15 is 0 Å². The van der Waals surface area contributed by atoms with Gasteiger partial charge in [-0.2, -0.15) is 0 Å². The first-order valence-corrected chi connectivity index (χ1v) is 5.28. The van der Waals surface area contributed by atoms with Crippen LogP contribution in [0.1, 0.15) is 11.7 Å². The number of benzene rings is 1. The molecule has 0 amide bonds. The van der Waals surface area contributed by atoms with Gasteiger partial charge in [-0.15, -0.1) is 0 Å². The number of aliphatic hydroxyl groups excluding tert-OH is 1. The van der Waals surface area contributed by atoms with E-state index in [-0.39, 0.29) is 5.75 Å². The Morgan fingerprint density at radius 1 is 1.53 bits per heavy atom. The lowest BCUT2D eigenvalue weighted by Gasteiger charge is -2.14.